The van der Waals surface area contributed by atoms with Crippen LogP contribution in [0.3, 0.4) is 0 Å². The van der Waals surface area contributed by atoms with E-state index in [0.29, 0.717) is 23.8 Å². The average molecular weight is 411 g/mol. The molecule has 5 nitrogen and oxygen atoms in total. The molecule has 0 aliphatic rings. The van der Waals surface area contributed by atoms with E-state index in [1.165, 1.54) is 4.88 Å². The lowest BCUT2D eigenvalue weighted by molar-refractivity contribution is 0.0950. The minimum absolute atomic E-state index is 0.159. The molecule has 28 heavy (non-hydrogen) atoms. The maximum absolute atomic E-state index is 12.8. The van der Waals surface area contributed by atoms with Crippen LogP contribution in [0, 0.1) is 6.92 Å². The minimum Gasteiger partial charge on any atom is -0.350 e. The van der Waals surface area contributed by atoms with Gasteiger partial charge in [0.1, 0.15) is 0 Å². The molecule has 0 aliphatic heterocycles. The zero-order valence-corrected chi connectivity index (χ0v) is 16.9. The summed E-state index contributed by atoms with van der Waals surface area (Å²) in [5.41, 5.74) is 5.31. The highest BCUT2D eigenvalue weighted by Crippen LogP contribution is 2.20. The van der Waals surface area contributed by atoms with Crippen molar-refractivity contribution >= 4 is 39.7 Å². The standard InChI is InChI=1S/C21H19ClN4OS/c1-14-19(28-13-24-14)10-11-23-21(27)20-17-4-2-3-5-18(17)26(25-20)12-15-6-8-16(22)9-7-15/h2-9,13H,10-12H2,1H3,(H,23,27). The van der Waals surface area contributed by atoms with Crippen LogP contribution in [0.25, 0.3) is 10.9 Å². The second kappa shape index (κ2) is 8.12. The minimum atomic E-state index is -0.159. The average Bonchev–Trinajstić information content (AvgIpc) is 3.28. The Hall–Kier alpha value is -2.70. The Kier molecular flexibility index (Phi) is 5.41. The van der Waals surface area contributed by atoms with Crippen molar-refractivity contribution in [3.63, 3.8) is 0 Å². The molecule has 0 radical (unpaired) electrons. The van der Waals surface area contributed by atoms with Crippen LogP contribution in [0.5, 0.6) is 0 Å². The fraction of sp³-hybridized carbons (Fsp3) is 0.190. The zero-order chi connectivity index (χ0) is 19.5. The first-order valence-corrected chi connectivity index (χ1v) is 10.2. The number of benzene rings is 2. The summed E-state index contributed by atoms with van der Waals surface area (Å²) in [6, 6.07) is 15.4. The molecule has 1 amide bonds. The van der Waals surface area contributed by atoms with E-state index < -0.39 is 0 Å². The molecular weight excluding hydrogens is 392 g/mol. The van der Waals surface area contributed by atoms with Crippen molar-refractivity contribution in [1.29, 1.82) is 0 Å². The number of carbonyl (C=O) groups excluding carboxylic acids is 1. The summed E-state index contributed by atoms with van der Waals surface area (Å²) in [6.07, 6.45) is 0.769. The van der Waals surface area contributed by atoms with Crippen molar-refractivity contribution < 1.29 is 4.79 Å². The van der Waals surface area contributed by atoms with Gasteiger partial charge in [-0.2, -0.15) is 5.10 Å². The number of nitrogens with zero attached hydrogens (tertiary/aromatic N) is 3. The number of aromatic nitrogens is 3. The number of rotatable bonds is 6. The summed E-state index contributed by atoms with van der Waals surface area (Å²) < 4.78 is 1.86. The lowest BCUT2D eigenvalue weighted by Crippen LogP contribution is -2.26. The quantitative estimate of drug-likeness (QED) is 0.510. The van der Waals surface area contributed by atoms with E-state index in [4.69, 9.17) is 11.6 Å². The number of carbonyl (C=O) groups is 1. The second-order valence-electron chi connectivity index (χ2n) is 6.52. The fourth-order valence-corrected chi connectivity index (χ4v) is 4.03. The molecular formula is C21H19ClN4OS. The molecule has 4 aromatic rings. The summed E-state index contributed by atoms with van der Waals surface area (Å²) in [7, 11) is 0. The number of thiazole rings is 1. The number of aryl methyl sites for hydroxylation is 1. The van der Waals surface area contributed by atoms with E-state index in [0.717, 1.165) is 28.6 Å². The third kappa shape index (κ3) is 3.93. The Morgan fingerprint density at radius 1 is 1.18 bits per heavy atom. The maximum atomic E-state index is 12.8. The SMILES string of the molecule is Cc1ncsc1CCNC(=O)c1nn(Cc2ccc(Cl)cc2)c2ccccc12. The second-order valence-corrected chi connectivity index (χ2v) is 7.89. The number of halogens is 1. The Balaban J connectivity index is 1.54. The lowest BCUT2D eigenvalue weighted by Gasteiger charge is -2.04. The predicted molar refractivity (Wildman–Crippen MR) is 113 cm³/mol. The summed E-state index contributed by atoms with van der Waals surface area (Å²) in [5.74, 6) is -0.159. The highest BCUT2D eigenvalue weighted by atomic mass is 35.5. The van der Waals surface area contributed by atoms with Crippen molar-refractivity contribution in [1.82, 2.24) is 20.1 Å². The molecule has 0 aliphatic carbocycles. The van der Waals surface area contributed by atoms with Gasteiger partial charge in [0.2, 0.25) is 0 Å². The Bertz CT molecular complexity index is 1120. The Labute approximate surface area is 172 Å². The molecule has 0 bridgehead atoms. The van der Waals surface area contributed by atoms with Gasteiger partial charge in [0.05, 0.1) is 23.3 Å². The van der Waals surface area contributed by atoms with Crippen molar-refractivity contribution in [2.24, 2.45) is 0 Å². The normalized spacial score (nSPS) is 11.1. The molecule has 2 aromatic carbocycles. The maximum Gasteiger partial charge on any atom is 0.272 e. The first-order chi connectivity index (χ1) is 13.6. The van der Waals surface area contributed by atoms with Crippen molar-refractivity contribution in [2.75, 3.05) is 6.54 Å². The molecule has 0 spiro atoms. The molecule has 0 fully saturated rings. The van der Waals surface area contributed by atoms with Gasteiger partial charge in [-0.25, -0.2) is 4.98 Å². The van der Waals surface area contributed by atoms with Crippen molar-refractivity contribution in [3.05, 3.63) is 80.9 Å². The van der Waals surface area contributed by atoms with Crippen LogP contribution in [0.2, 0.25) is 5.02 Å². The number of fused-ring (bicyclic) bond motifs is 1. The van der Waals surface area contributed by atoms with Gasteiger partial charge in [-0.1, -0.05) is 41.9 Å². The first-order valence-electron chi connectivity index (χ1n) is 8.99. The monoisotopic (exact) mass is 410 g/mol. The molecule has 2 heterocycles. The highest BCUT2D eigenvalue weighted by molar-refractivity contribution is 7.09. The van der Waals surface area contributed by atoms with Gasteiger partial charge >= 0.3 is 0 Å². The van der Waals surface area contributed by atoms with Crippen LogP contribution in [0.1, 0.15) is 26.6 Å². The smallest absolute Gasteiger partial charge is 0.272 e. The number of para-hydroxylation sites is 1. The van der Waals surface area contributed by atoms with E-state index in [9.17, 15) is 4.79 Å². The van der Waals surface area contributed by atoms with Crippen LogP contribution in [-0.2, 0) is 13.0 Å². The summed E-state index contributed by atoms with van der Waals surface area (Å²) in [4.78, 5) is 18.2. The molecule has 0 atom stereocenters. The van der Waals surface area contributed by atoms with Gasteiger partial charge in [0.25, 0.3) is 5.91 Å². The van der Waals surface area contributed by atoms with Gasteiger partial charge in [0.15, 0.2) is 5.69 Å². The molecule has 142 valence electrons. The first kappa shape index (κ1) is 18.7. The molecule has 2 aromatic heterocycles. The molecule has 0 unspecified atom stereocenters. The molecule has 1 N–H and O–H groups in total. The Morgan fingerprint density at radius 3 is 2.71 bits per heavy atom. The van der Waals surface area contributed by atoms with Gasteiger partial charge < -0.3 is 5.32 Å². The summed E-state index contributed by atoms with van der Waals surface area (Å²) in [5, 5.41) is 9.14. The molecule has 0 saturated carbocycles. The molecule has 0 saturated heterocycles. The summed E-state index contributed by atoms with van der Waals surface area (Å²) >= 11 is 7.59. The van der Waals surface area contributed by atoms with Gasteiger partial charge in [-0.15, -0.1) is 11.3 Å². The van der Waals surface area contributed by atoms with Crippen LogP contribution in [0.15, 0.2) is 54.0 Å². The van der Waals surface area contributed by atoms with E-state index >= 15 is 0 Å². The largest absolute Gasteiger partial charge is 0.350 e. The summed E-state index contributed by atoms with van der Waals surface area (Å²) in [6.45, 7) is 3.12. The highest BCUT2D eigenvalue weighted by Gasteiger charge is 2.17. The van der Waals surface area contributed by atoms with E-state index in [1.807, 2.05) is 65.6 Å². The van der Waals surface area contributed by atoms with Gasteiger partial charge in [-0.05, 0) is 30.7 Å². The molecule has 4 rings (SSSR count). The van der Waals surface area contributed by atoms with E-state index in [2.05, 4.69) is 15.4 Å². The number of hydrogen-bond acceptors (Lipinski definition) is 4. The predicted octanol–water partition coefficient (Wildman–Crippen LogP) is 4.48. The topological polar surface area (TPSA) is 59.8 Å². The van der Waals surface area contributed by atoms with Crippen LogP contribution >= 0.6 is 22.9 Å². The third-order valence-electron chi connectivity index (χ3n) is 4.60. The number of nitrogens with one attached hydrogen (secondary N) is 1. The van der Waals surface area contributed by atoms with Crippen LogP contribution < -0.4 is 5.32 Å². The van der Waals surface area contributed by atoms with Crippen LogP contribution in [-0.4, -0.2) is 27.2 Å². The fourth-order valence-electron chi connectivity index (χ4n) is 3.12. The third-order valence-corrected chi connectivity index (χ3v) is 5.85. The van der Waals surface area contributed by atoms with Crippen LogP contribution in [0.4, 0.5) is 0 Å². The van der Waals surface area contributed by atoms with E-state index in [-0.39, 0.29) is 5.91 Å². The lowest BCUT2D eigenvalue weighted by atomic mass is 10.2. The Morgan fingerprint density at radius 2 is 1.96 bits per heavy atom. The van der Waals surface area contributed by atoms with Gasteiger partial charge in [-0.3, -0.25) is 9.48 Å². The van der Waals surface area contributed by atoms with Crippen molar-refractivity contribution in [3.8, 4) is 0 Å². The number of hydrogen-bond donors (Lipinski definition) is 1. The van der Waals surface area contributed by atoms with E-state index in [1.54, 1.807) is 11.3 Å². The molecule has 7 heteroatoms. The van der Waals surface area contributed by atoms with Gasteiger partial charge in [0, 0.05) is 28.3 Å². The zero-order valence-electron chi connectivity index (χ0n) is 15.4. The number of amides is 1. The van der Waals surface area contributed by atoms with Crippen molar-refractivity contribution in [2.45, 2.75) is 19.9 Å².